The fourth-order valence-corrected chi connectivity index (χ4v) is 6.31. The molecule has 0 heterocycles. The van der Waals surface area contributed by atoms with Crippen LogP contribution in [-0.2, 0) is 14.1 Å². The first-order chi connectivity index (χ1) is 13.1. The molecule has 27 heavy (non-hydrogen) atoms. The maximum absolute atomic E-state index is 12.6. The minimum Gasteiger partial charge on any atom is -0.481 e. The van der Waals surface area contributed by atoms with Crippen LogP contribution >= 0.6 is 7.49 Å². The van der Waals surface area contributed by atoms with Gasteiger partial charge in [0.1, 0.15) is 15.9 Å². The highest BCUT2D eigenvalue weighted by atomic mass is 31.2. The van der Waals surface area contributed by atoms with Gasteiger partial charge in [0, 0.05) is 0 Å². The number of carbonyl (C=O) groups is 2. The summed E-state index contributed by atoms with van der Waals surface area (Å²) >= 11 is 0. The van der Waals surface area contributed by atoms with Gasteiger partial charge in [-0.15, -0.1) is 0 Å². The van der Waals surface area contributed by atoms with E-state index in [0.717, 1.165) is 15.9 Å². The van der Waals surface area contributed by atoms with Crippen molar-refractivity contribution < 1.29 is 19.2 Å². The highest BCUT2D eigenvalue weighted by Crippen LogP contribution is 2.56. The van der Waals surface area contributed by atoms with Gasteiger partial charge >= 0.3 is 11.9 Å². The van der Waals surface area contributed by atoms with Gasteiger partial charge in [-0.05, 0) is 36.4 Å². The van der Waals surface area contributed by atoms with Crippen LogP contribution in [0.25, 0.3) is 0 Å². The summed E-state index contributed by atoms with van der Waals surface area (Å²) in [5, 5.41) is 11.6. The van der Waals surface area contributed by atoms with Crippen LogP contribution in [0.3, 0.4) is 0 Å². The number of hydrogen-bond donors (Lipinski definition) is 1. The molecule has 0 amide bonds. The van der Waals surface area contributed by atoms with Gasteiger partial charge in [-0.25, -0.2) is 4.79 Å². The van der Waals surface area contributed by atoms with E-state index in [0.29, 0.717) is 0 Å². The molecule has 0 aliphatic heterocycles. The Bertz CT molecular complexity index is 799. The Balaban J connectivity index is 2.17. The molecular formula is C22H20O4P+. The molecule has 3 aromatic carbocycles. The SMILES string of the molecule is O=C(O)CCC(=O)O[P+](c1ccccc1)(c1ccccc1)c1ccccc1. The summed E-state index contributed by atoms with van der Waals surface area (Å²) in [5.74, 6) is -1.53. The molecule has 3 aromatic rings. The number of carbonyl (C=O) groups excluding carboxylic acids is 1. The van der Waals surface area contributed by atoms with Crippen molar-refractivity contribution in [2.75, 3.05) is 0 Å². The van der Waals surface area contributed by atoms with Crippen molar-refractivity contribution in [2.24, 2.45) is 0 Å². The summed E-state index contributed by atoms with van der Waals surface area (Å²) in [6.07, 6.45) is -0.416. The van der Waals surface area contributed by atoms with Gasteiger partial charge in [-0.1, -0.05) is 54.6 Å². The second-order valence-corrected chi connectivity index (χ2v) is 8.92. The lowest BCUT2D eigenvalue weighted by atomic mass is 10.3. The number of hydrogen-bond acceptors (Lipinski definition) is 3. The molecule has 0 radical (unpaired) electrons. The van der Waals surface area contributed by atoms with Gasteiger partial charge < -0.3 is 5.11 Å². The maximum Gasteiger partial charge on any atom is 0.352 e. The van der Waals surface area contributed by atoms with Crippen LogP contribution in [0.2, 0.25) is 0 Å². The molecule has 0 bridgehead atoms. The molecule has 0 atom stereocenters. The normalized spacial score (nSPS) is 11.0. The topological polar surface area (TPSA) is 63.6 Å². The number of carboxylic acid groups (broad SMARTS) is 1. The third-order valence-corrected chi connectivity index (χ3v) is 7.69. The van der Waals surface area contributed by atoms with Crippen LogP contribution in [0.4, 0.5) is 0 Å². The molecule has 0 aliphatic carbocycles. The van der Waals surface area contributed by atoms with Gasteiger partial charge in [-0.2, -0.15) is 0 Å². The zero-order valence-corrected chi connectivity index (χ0v) is 15.6. The van der Waals surface area contributed by atoms with E-state index in [1.54, 1.807) is 0 Å². The lowest BCUT2D eigenvalue weighted by Gasteiger charge is -2.25. The first-order valence-corrected chi connectivity index (χ1v) is 10.3. The van der Waals surface area contributed by atoms with Gasteiger partial charge in [0.15, 0.2) is 0 Å². The van der Waals surface area contributed by atoms with Crippen molar-refractivity contribution in [1.82, 2.24) is 0 Å². The predicted molar refractivity (Wildman–Crippen MR) is 108 cm³/mol. The number of benzene rings is 3. The largest absolute Gasteiger partial charge is 0.481 e. The first kappa shape index (κ1) is 18.8. The first-order valence-electron chi connectivity index (χ1n) is 8.63. The van der Waals surface area contributed by atoms with E-state index in [2.05, 4.69) is 0 Å². The Morgan fingerprint density at radius 1 is 0.667 bits per heavy atom. The number of rotatable bonds is 7. The summed E-state index contributed by atoms with van der Waals surface area (Å²) in [4.78, 5) is 23.5. The van der Waals surface area contributed by atoms with Crippen molar-refractivity contribution >= 4 is 35.3 Å². The summed E-state index contributed by atoms with van der Waals surface area (Å²) in [5.41, 5.74) is 0. The van der Waals surface area contributed by atoms with Crippen molar-refractivity contribution in [3.05, 3.63) is 91.0 Å². The Morgan fingerprint density at radius 3 is 1.37 bits per heavy atom. The van der Waals surface area contributed by atoms with E-state index < -0.39 is 19.4 Å². The van der Waals surface area contributed by atoms with E-state index in [-0.39, 0.29) is 12.8 Å². The summed E-state index contributed by atoms with van der Waals surface area (Å²) < 4.78 is 6.16. The predicted octanol–water partition coefficient (Wildman–Crippen LogP) is 3.30. The molecule has 0 saturated carbocycles. The van der Waals surface area contributed by atoms with Crippen molar-refractivity contribution in [1.29, 1.82) is 0 Å². The fourth-order valence-electron chi connectivity index (χ4n) is 2.93. The highest BCUT2D eigenvalue weighted by molar-refractivity contribution is 7.92. The van der Waals surface area contributed by atoms with Crippen LogP contribution in [0.15, 0.2) is 91.0 Å². The van der Waals surface area contributed by atoms with Crippen LogP contribution in [-0.4, -0.2) is 17.0 Å². The molecule has 0 spiro atoms. The van der Waals surface area contributed by atoms with Crippen LogP contribution in [0.5, 0.6) is 0 Å². The Hall–Kier alpha value is -2.97. The fraction of sp³-hybridized carbons (Fsp3) is 0.0909. The molecule has 4 nitrogen and oxygen atoms in total. The summed E-state index contributed by atoms with van der Waals surface area (Å²) in [7, 11) is -2.71. The molecule has 1 N–H and O–H groups in total. The van der Waals surface area contributed by atoms with Crippen molar-refractivity contribution in [3.63, 3.8) is 0 Å². The third-order valence-electron chi connectivity index (χ3n) is 4.14. The Kier molecular flexibility index (Phi) is 6.00. The van der Waals surface area contributed by atoms with Gasteiger partial charge in [-0.3, -0.25) is 9.32 Å². The van der Waals surface area contributed by atoms with Gasteiger partial charge in [0.25, 0.3) is 7.49 Å². The Labute approximate surface area is 158 Å². The zero-order chi connectivity index (χ0) is 19.1. The Morgan fingerprint density at radius 2 is 1.04 bits per heavy atom. The second-order valence-electron chi connectivity index (χ2n) is 5.97. The molecular weight excluding hydrogens is 359 g/mol. The van der Waals surface area contributed by atoms with Crippen LogP contribution in [0.1, 0.15) is 12.8 Å². The van der Waals surface area contributed by atoms with E-state index >= 15 is 0 Å². The van der Waals surface area contributed by atoms with E-state index in [1.807, 2.05) is 91.0 Å². The van der Waals surface area contributed by atoms with E-state index in [1.165, 1.54) is 0 Å². The molecule has 5 heteroatoms. The molecule has 0 aromatic heterocycles. The highest BCUT2D eigenvalue weighted by Gasteiger charge is 2.50. The average Bonchev–Trinajstić information content (AvgIpc) is 2.72. The molecule has 0 unspecified atom stereocenters. The quantitative estimate of drug-likeness (QED) is 0.640. The lowest BCUT2D eigenvalue weighted by Crippen LogP contribution is -2.34. The van der Waals surface area contributed by atoms with Crippen molar-refractivity contribution in [2.45, 2.75) is 12.8 Å². The monoisotopic (exact) mass is 379 g/mol. The molecule has 136 valence electrons. The second kappa shape index (κ2) is 8.61. The average molecular weight is 379 g/mol. The number of carboxylic acids is 1. The minimum atomic E-state index is -2.71. The van der Waals surface area contributed by atoms with Gasteiger partial charge in [0.05, 0.1) is 12.8 Å². The standard InChI is InChI=1S/C22H19O4P/c23-21(24)16-17-22(25)26-27(18-10-4-1-5-11-18,19-12-6-2-7-13-19)20-14-8-3-9-15-20/h1-15H,16-17H2/p+1. The molecule has 3 rings (SSSR count). The molecule has 0 fully saturated rings. The maximum atomic E-state index is 12.6. The smallest absolute Gasteiger partial charge is 0.352 e. The van der Waals surface area contributed by atoms with Crippen LogP contribution in [0, 0.1) is 0 Å². The summed E-state index contributed by atoms with van der Waals surface area (Å²) in [6.45, 7) is 0. The molecule has 0 aliphatic rings. The van der Waals surface area contributed by atoms with E-state index in [4.69, 9.17) is 9.63 Å². The lowest BCUT2D eigenvalue weighted by molar-refractivity contribution is -0.141. The van der Waals surface area contributed by atoms with E-state index in [9.17, 15) is 9.59 Å². The number of aliphatic carboxylic acids is 1. The van der Waals surface area contributed by atoms with Crippen molar-refractivity contribution in [3.8, 4) is 0 Å². The zero-order valence-electron chi connectivity index (χ0n) is 14.7. The van der Waals surface area contributed by atoms with Crippen LogP contribution < -0.4 is 15.9 Å². The minimum absolute atomic E-state index is 0.163. The summed E-state index contributed by atoms with van der Waals surface area (Å²) in [6, 6.07) is 29.0. The third kappa shape index (κ3) is 4.24. The molecule has 0 saturated heterocycles. The van der Waals surface area contributed by atoms with Gasteiger partial charge in [0.2, 0.25) is 0 Å².